The van der Waals surface area contributed by atoms with Crippen LogP contribution in [-0.2, 0) is 11.3 Å². The number of rotatable bonds is 8. The van der Waals surface area contributed by atoms with Crippen LogP contribution in [0.4, 0.5) is 17.1 Å². The normalized spacial score (nSPS) is 17.3. The summed E-state index contributed by atoms with van der Waals surface area (Å²) in [6.45, 7) is 5.59. The third kappa shape index (κ3) is 9.79. The van der Waals surface area contributed by atoms with Crippen LogP contribution in [-0.4, -0.2) is 72.5 Å². The summed E-state index contributed by atoms with van der Waals surface area (Å²) in [7, 11) is 4.03. The Bertz CT molecular complexity index is 1500. The van der Waals surface area contributed by atoms with Gasteiger partial charge in [-0.15, -0.1) is 0 Å². The lowest BCUT2D eigenvalue weighted by Gasteiger charge is -2.34. The first-order chi connectivity index (χ1) is 22.6. The molecule has 1 aliphatic carbocycles. The Labute approximate surface area is 278 Å². The van der Waals surface area contributed by atoms with Gasteiger partial charge >= 0.3 is 0 Å². The Morgan fingerprint density at radius 3 is 2.32 bits per heavy atom. The number of ether oxygens (including phenoxy) is 1. The van der Waals surface area contributed by atoms with Crippen molar-refractivity contribution in [1.29, 1.82) is 0 Å². The van der Waals surface area contributed by atoms with Gasteiger partial charge in [0.05, 0.1) is 41.9 Å². The Morgan fingerprint density at radius 1 is 0.979 bits per heavy atom. The maximum absolute atomic E-state index is 13.1. The zero-order valence-corrected chi connectivity index (χ0v) is 28.0. The van der Waals surface area contributed by atoms with Crippen molar-refractivity contribution in [3.8, 4) is 5.75 Å². The number of carbonyl (C=O) groups excluding carboxylic acids is 3. The average molecular weight is 644 g/mol. The zero-order valence-electron chi connectivity index (χ0n) is 28.0. The Balaban J connectivity index is 0.000000223. The van der Waals surface area contributed by atoms with Crippen molar-refractivity contribution in [2.24, 2.45) is 11.8 Å². The van der Waals surface area contributed by atoms with Crippen LogP contribution >= 0.6 is 0 Å². The number of aliphatic hydroxyl groups is 1. The monoisotopic (exact) mass is 643 g/mol. The van der Waals surface area contributed by atoms with Crippen molar-refractivity contribution in [3.63, 3.8) is 0 Å². The fourth-order valence-corrected chi connectivity index (χ4v) is 5.82. The van der Waals surface area contributed by atoms with E-state index >= 15 is 0 Å². The van der Waals surface area contributed by atoms with Crippen molar-refractivity contribution < 1.29 is 24.2 Å². The zero-order chi connectivity index (χ0) is 33.9. The summed E-state index contributed by atoms with van der Waals surface area (Å²) in [5.74, 6) is 0.274. The summed E-state index contributed by atoms with van der Waals surface area (Å²) < 4.78 is 5.97. The smallest absolute Gasteiger partial charge is 0.258 e. The maximum atomic E-state index is 13.1. The molecule has 1 heterocycles. The molecule has 3 amide bonds. The number of hydrogen-bond acceptors (Lipinski definition) is 7. The van der Waals surface area contributed by atoms with Gasteiger partial charge in [0.15, 0.2) is 5.75 Å². The number of nitrogens with two attached hydrogens (primary N) is 1. The minimum Gasteiger partial charge on any atom is -0.490 e. The highest BCUT2D eigenvalue weighted by Crippen LogP contribution is 2.34. The molecule has 0 unspecified atom stereocenters. The molecule has 252 valence electrons. The van der Waals surface area contributed by atoms with E-state index in [4.69, 9.17) is 10.5 Å². The van der Waals surface area contributed by atoms with Gasteiger partial charge < -0.3 is 36.0 Å². The summed E-state index contributed by atoms with van der Waals surface area (Å²) in [5.41, 5.74) is 9.78. The Hall–Kier alpha value is -4.41. The molecular weight excluding hydrogens is 594 g/mol. The predicted molar refractivity (Wildman–Crippen MR) is 187 cm³/mol. The molecule has 1 fully saturated rings. The van der Waals surface area contributed by atoms with Gasteiger partial charge in [-0.05, 0) is 75.8 Å². The molecule has 1 saturated carbocycles. The van der Waals surface area contributed by atoms with Crippen LogP contribution in [0.3, 0.4) is 0 Å². The molecule has 47 heavy (non-hydrogen) atoms. The second-order valence-corrected chi connectivity index (χ2v) is 12.9. The van der Waals surface area contributed by atoms with E-state index in [2.05, 4.69) is 15.5 Å². The van der Waals surface area contributed by atoms with E-state index < -0.39 is 0 Å². The van der Waals surface area contributed by atoms with Gasteiger partial charge in [-0.3, -0.25) is 14.4 Å². The lowest BCUT2D eigenvalue weighted by atomic mass is 9.88. The number of benzene rings is 3. The quantitative estimate of drug-likeness (QED) is 0.233. The fourth-order valence-electron chi connectivity index (χ4n) is 5.82. The van der Waals surface area contributed by atoms with Gasteiger partial charge in [0, 0.05) is 30.5 Å². The average Bonchev–Trinajstić information content (AvgIpc) is 3.07. The van der Waals surface area contributed by atoms with Crippen LogP contribution in [0.1, 0.15) is 72.2 Å². The Kier molecular flexibility index (Phi) is 12.8. The van der Waals surface area contributed by atoms with E-state index in [-0.39, 0.29) is 42.2 Å². The molecule has 0 aromatic heterocycles. The number of fused-ring (bicyclic) bond motifs is 1. The molecule has 5 N–H and O–H groups in total. The second kappa shape index (κ2) is 16.9. The van der Waals surface area contributed by atoms with Crippen LogP contribution in [0.2, 0.25) is 0 Å². The van der Waals surface area contributed by atoms with Crippen LogP contribution in [0.5, 0.6) is 5.75 Å². The third-order valence-electron chi connectivity index (χ3n) is 8.48. The lowest BCUT2D eigenvalue weighted by Crippen LogP contribution is -2.45. The van der Waals surface area contributed by atoms with Crippen molar-refractivity contribution in [1.82, 2.24) is 9.80 Å². The number of para-hydroxylation sites is 3. The molecule has 0 spiro atoms. The molecule has 2 aliphatic rings. The van der Waals surface area contributed by atoms with Gasteiger partial charge in [0.1, 0.15) is 0 Å². The molecule has 3 aromatic carbocycles. The van der Waals surface area contributed by atoms with Crippen molar-refractivity contribution in [2.45, 2.75) is 58.5 Å². The Morgan fingerprint density at radius 2 is 1.66 bits per heavy atom. The van der Waals surface area contributed by atoms with Gasteiger partial charge in [-0.2, -0.15) is 0 Å². The van der Waals surface area contributed by atoms with Crippen molar-refractivity contribution in [3.05, 3.63) is 83.4 Å². The number of hydrogen-bond donors (Lipinski definition) is 4. The third-order valence-corrected chi connectivity index (χ3v) is 8.48. The predicted octanol–water partition coefficient (Wildman–Crippen LogP) is 5.64. The number of amides is 3. The van der Waals surface area contributed by atoms with Crippen LogP contribution in [0, 0.1) is 11.8 Å². The fraction of sp³-hybridized carbons (Fsp3) is 0.432. The molecule has 1 aliphatic heterocycles. The number of aliphatic hydroxyl groups excluding tert-OH is 1. The molecule has 10 heteroatoms. The highest BCUT2D eigenvalue weighted by molar-refractivity contribution is 6.05. The number of nitrogens with zero attached hydrogens (tertiary/aromatic N) is 2. The summed E-state index contributed by atoms with van der Waals surface area (Å²) in [6, 6.07) is 19.8. The van der Waals surface area contributed by atoms with Gasteiger partial charge in [0.2, 0.25) is 5.91 Å². The SMILES string of the molecule is CN(C)Cc1ccc(C(=O)Nc2ccccc2N)cc1.C[C@H]1COc2c(NC(=O)C3CCCCC3)cccc2C(=O)N([C@@H](C)CO)C1. The molecule has 5 rings (SSSR count). The topological polar surface area (TPSA) is 137 Å². The maximum Gasteiger partial charge on any atom is 0.258 e. The minimum absolute atomic E-state index is 0.00911. The highest BCUT2D eigenvalue weighted by atomic mass is 16.5. The molecule has 2 atom stereocenters. The molecule has 0 saturated heterocycles. The molecule has 0 radical (unpaired) electrons. The van der Waals surface area contributed by atoms with E-state index in [9.17, 15) is 19.5 Å². The van der Waals surface area contributed by atoms with Crippen molar-refractivity contribution >= 4 is 34.8 Å². The summed E-state index contributed by atoms with van der Waals surface area (Å²) >= 11 is 0. The molecule has 0 bridgehead atoms. The standard InChI is InChI=1S/C21H30N2O4.C16H19N3O/c1-14-11-23(15(2)12-24)21(26)17-9-6-10-18(19(17)27-13-14)22-20(25)16-7-4-3-5-8-16;1-19(2)11-12-7-9-13(10-8-12)16(20)18-15-6-4-3-5-14(15)17/h6,9-10,14-16,24H,3-5,7-8,11-13H2,1-2H3,(H,22,25);3-10H,11,17H2,1-2H3,(H,18,20)/t14-,15+;/m1./s1. The minimum atomic E-state index is -0.272. The summed E-state index contributed by atoms with van der Waals surface area (Å²) in [6.07, 6.45) is 5.20. The van der Waals surface area contributed by atoms with Crippen LogP contribution < -0.4 is 21.1 Å². The lowest BCUT2D eigenvalue weighted by molar-refractivity contribution is -0.120. The number of anilines is 3. The van der Waals surface area contributed by atoms with E-state index in [0.29, 0.717) is 47.1 Å². The van der Waals surface area contributed by atoms with Gasteiger partial charge in [-0.1, -0.05) is 56.5 Å². The first-order valence-corrected chi connectivity index (χ1v) is 16.4. The first-order valence-electron chi connectivity index (χ1n) is 16.4. The molecule has 10 nitrogen and oxygen atoms in total. The van der Waals surface area contributed by atoms with E-state index in [0.717, 1.165) is 32.2 Å². The number of nitrogen functional groups attached to an aromatic ring is 1. The second-order valence-electron chi connectivity index (χ2n) is 12.9. The van der Waals surface area contributed by atoms with Crippen molar-refractivity contribution in [2.75, 3.05) is 50.2 Å². The van der Waals surface area contributed by atoms with Gasteiger partial charge in [-0.25, -0.2) is 0 Å². The largest absolute Gasteiger partial charge is 0.490 e. The number of nitrogens with one attached hydrogen (secondary N) is 2. The van der Waals surface area contributed by atoms with Crippen LogP contribution in [0.15, 0.2) is 66.7 Å². The van der Waals surface area contributed by atoms with E-state index in [1.165, 1.54) is 12.0 Å². The molecular formula is C37H49N5O5. The van der Waals surface area contributed by atoms with Crippen LogP contribution in [0.25, 0.3) is 0 Å². The number of carbonyl (C=O) groups is 3. The van der Waals surface area contributed by atoms with E-state index in [1.807, 2.05) is 64.3 Å². The van der Waals surface area contributed by atoms with Gasteiger partial charge in [0.25, 0.3) is 11.8 Å². The first kappa shape index (κ1) is 35.4. The summed E-state index contributed by atoms with van der Waals surface area (Å²) in [4.78, 5) is 41.7. The van der Waals surface area contributed by atoms with E-state index in [1.54, 1.807) is 35.2 Å². The highest BCUT2D eigenvalue weighted by Gasteiger charge is 2.30. The molecule has 3 aromatic rings. The summed E-state index contributed by atoms with van der Waals surface area (Å²) in [5, 5.41) is 15.3.